The van der Waals surface area contributed by atoms with Gasteiger partial charge in [-0.3, -0.25) is 9.88 Å². The van der Waals surface area contributed by atoms with Gasteiger partial charge >= 0.3 is 6.09 Å². The van der Waals surface area contributed by atoms with E-state index in [1.807, 2.05) is 6.07 Å². The molecular formula is C11H12N2O3. The van der Waals surface area contributed by atoms with E-state index in [1.165, 1.54) is 4.90 Å². The van der Waals surface area contributed by atoms with E-state index in [0.717, 1.165) is 11.1 Å². The second-order valence-corrected chi connectivity index (χ2v) is 3.59. The highest BCUT2D eigenvalue weighted by atomic mass is 16.4. The molecule has 2 rings (SSSR count). The predicted molar refractivity (Wildman–Crippen MR) is 57.8 cm³/mol. The van der Waals surface area contributed by atoms with Crippen LogP contribution in [-0.2, 0) is 0 Å². The van der Waals surface area contributed by atoms with Gasteiger partial charge in [0.05, 0.1) is 19.2 Å². The SMILES string of the molecule is O=C(O)N1CC(c2cccnc2)=C[C@H]1CO. The molecule has 2 N–H and O–H groups in total. The molecule has 1 aliphatic heterocycles. The Morgan fingerprint density at radius 3 is 2.94 bits per heavy atom. The third kappa shape index (κ3) is 1.90. The van der Waals surface area contributed by atoms with Crippen LogP contribution in [0, 0.1) is 0 Å². The van der Waals surface area contributed by atoms with Gasteiger partial charge in [-0.05, 0) is 17.2 Å². The molecule has 0 aromatic carbocycles. The van der Waals surface area contributed by atoms with Gasteiger partial charge in [-0.25, -0.2) is 4.79 Å². The summed E-state index contributed by atoms with van der Waals surface area (Å²) in [6.07, 6.45) is 4.10. The largest absolute Gasteiger partial charge is 0.465 e. The van der Waals surface area contributed by atoms with Gasteiger partial charge in [0.15, 0.2) is 0 Å². The molecule has 1 amide bonds. The lowest BCUT2D eigenvalue weighted by atomic mass is 10.1. The Labute approximate surface area is 92.7 Å². The van der Waals surface area contributed by atoms with Gasteiger partial charge < -0.3 is 10.2 Å². The normalized spacial score (nSPS) is 19.7. The molecule has 16 heavy (non-hydrogen) atoms. The molecule has 0 fully saturated rings. The number of aliphatic hydroxyl groups is 1. The second kappa shape index (κ2) is 4.32. The molecule has 0 radical (unpaired) electrons. The zero-order valence-electron chi connectivity index (χ0n) is 8.58. The fourth-order valence-corrected chi connectivity index (χ4v) is 1.78. The van der Waals surface area contributed by atoms with Crippen LogP contribution < -0.4 is 0 Å². The molecule has 1 atom stereocenters. The van der Waals surface area contributed by atoms with Gasteiger partial charge in [0.2, 0.25) is 0 Å². The number of hydrogen-bond acceptors (Lipinski definition) is 3. The quantitative estimate of drug-likeness (QED) is 0.773. The van der Waals surface area contributed by atoms with Gasteiger partial charge in [0.25, 0.3) is 0 Å². The smallest absolute Gasteiger partial charge is 0.408 e. The Morgan fingerprint density at radius 1 is 1.62 bits per heavy atom. The van der Waals surface area contributed by atoms with Crippen LogP contribution in [0.3, 0.4) is 0 Å². The summed E-state index contributed by atoms with van der Waals surface area (Å²) in [6, 6.07) is 3.22. The Hall–Kier alpha value is -1.88. The molecule has 0 spiro atoms. The molecule has 0 aliphatic carbocycles. The molecule has 0 saturated carbocycles. The van der Waals surface area contributed by atoms with E-state index in [2.05, 4.69) is 4.98 Å². The van der Waals surface area contributed by atoms with E-state index in [-0.39, 0.29) is 6.61 Å². The zero-order valence-corrected chi connectivity index (χ0v) is 8.58. The summed E-state index contributed by atoms with van der Waals surface area (Å²) in [4.78, 5) is 16.1. The number of pyridine rings is 1. The molecule has 0 saturated heterocycles. The first-order chi connectivity index (χ1) is 7.72. The Bertz CT molecular complexity index is 416. The number of nitrogens with zero attached hydrogens (tertiary/aromatic N) is 2. The van der Waals surface area contributed by atoms with E-state index in [1.54, 1.807) is 24.5 Å². The number of carboxylic acid groups (broad SMARTS) is 1. The van der Waals surface area contributed by atoms with Crippen LogP contribution in [-0.4, -0.2) is 45.4 Å². The number of aliphatic hydroxyl groups excluding tert-OH is 1. The minimum atomic E-state index is -1.02. The van der Waals surface area contributed by atoms with Gasteiger partial charge in [0.1, 0.15) is 0 Å². The molecule has 5 heteroatoms. The fraction of sp³-hybridized carbons (Fsp3) is 0.273. The number of hydrogen-bond donors (Lipinski definition) is 2. The van der Waals surface area contributed by atoms with Crippen molar-refractivity contribution in [2.24, 2.45) is 0 Å². The Balaban J connectivity index is 2.23. The van der Waals surface area contributed by atoms with Crippen molar-refractivity contribution < 1.29 is 15.0 Å². The standard InChI is InChI=1S/C11H12N2O3/c14-7-10-4-9(6-13(10)11(15)16)8-2-1-3-12-5-8/h1-5,10,14H,6-7H2,(H,15,16)/t10-/m0/s1. The maximum Gasteiger partial charge on any atom is 0.408 e. The average molecular weight is 220 g/mol. The first kappa shape index (κ1) is 10.6. The molecular weight excluding hydrogens is 208 g/mol. The Kier molecular flexibility index (Phi) is 2.87. The predicted octanol–water partition coefficient (Wildman–Crippen LogP) is 0.819. The monoisotopic (exact) mass is 220 g/mol. The van der Waals surface area contributed by atoms with Crippen molar-refractivity contribution in [3.63, 3.8) is 0 Å². The zero-order chi connectivity index (χ0) is 11.5. The van der Waals surface area contributed by atoms with Crippen LogP contribution >= 0.6 is 0 Å². The Morgan fingerprint density at radius 2 is 2.44 bits per heavy atom. The summed E-state index contributed by atoms with van der Waals surface area (Å²) in [7, 11) is 0. The van der Waals surface area contributed by atoms with Crippen molar-refractivity contribution in [3.8, 4) is 0 Å². The van der Waals surface area contributed by atoms with Crippen molar-refractivity contribution in [2.75, 3.05) is 13.2 Å². The third-order valence-corrected chi connectivity index (χ3v) is 2.60. The van der Waals surface area contributed by atoms with Crippen LogP contribution in [0.2, 0.25) is 0 Å². The summed E-state index contributed by atoms with van der Waals surface area (Å²) in [5.74, 6) is 0. The lowest BCUT2D eigenvalue weighted by Gasteiger charge is -2.18. The number of amides is 1. The molecule has 5 nitrogen and oxygen atoms in total. The van der Waals surface area contributed by atoms with E-state index in [4.69, 9.17) is 10.2 Å². The molecule has 1 aliphatic rings. The van der Waals surface area contributed by atoms with E-state index < -0.39 is 12.1 Å². The highest BCUT2D eigenvalue weighted by Gasteiger charge is 2.28. The summed E-state index contributed by atoms with van der Waals surface area (Å²) < 4.78 is 0. The highest BCUT2D eigenvalue weighted by Crippen LogP contribution is 2.24. The summed E-state index contributed by atoms with van der Waals surface area (Å²) in [5, 5.41) is 18.0. The van der Waals surface area contributed by atoms with Crippen LogP contribution in [0.4, 0.5) is 4.79 Å². The molecule has 84 valence electrons. The van der Waals surface area contributed by atoms with Gasteiger partial charge in [0, 0.05) is 12.4 Å². The van der Waals surface area contributed by atoms with Gasteiger partial charge in [-0.15, -0.1) is 0 Å². The second-order valence-electron chi connectivity index (χ2n) is 3.59. The molecule has 1 aromatic rings. The van der Waals surface area contributed by atoms with E-state index in [0.29, 0.717) is 6.54 Å². The summed E-state index contributed by atoms with van der Waals surface area (Å²) >= 11 is 0. The summed E-state index contributed by atoms with van der Waals surface area (Å²) in [5.41, 5.74) is 1.78. The van der Waals surface area contributed by atoms with Crippen molar-refractivity contribution in [2.45, 2.75) is 6.04 Å². The first-order valence-electron chi connectivity index (χ1n) is 4.94. The average Bonchev–Trinajstić information content (AvgIpc) is 2.74. The first-order valence-corrected chi connectivity index (χ1v) is 4.94. The summed E-state index contributed by atoms with van der Waals surface area (Å²) in [6.45, 7) is 0.0995. The van der Waals surface area contributed by atoms with Gasteiger partial charge in [-0.1, -0.05) is 12.1 Å². The number of rotatable bonds is 2. The lowest BCUT2D eigenvalue weighted by Crippen LogP contribution is -2.37. The van der Waals surface area contributed by atoms with E-state index in [9.17, 15) is 4.79 Å². The number of carbonyl (C=O) groups is 1. The van der Waals surface area contributed by atoms with E-state index >= 15 is 0 Å². The molecule has 2 heterocycles. The minimum absolute atomic E-state index is 0.198. The number of aromatic nitrogens is 1. The third-order valence-electron chi connectivity index (χ3n) is 2.60. The van der Waals surface area contributed by atoms with Crippen LogP contribution in [0.15, 0.2) is 30.6 Å². The van der Waals surface area contributed by atoms with Crippen LogP contribution in [0.5, 0.6) is 0 Å². The highest BCUT2D eigenvalue weighted by molar-refractivity contribution is 5.77. The van der Waals surface area contributed by atoms with Crippen LogP contribution in [0.25, 0.3) is 5.57 Å². The maximum atomic E-state index is 10.9. The lowest BCUT2D eigenvalue weighted by molar-refractivity contribution is 0.125. The van der Waals surface area contributed by atoms with Gasteiger partial charge in [-0.2, -0.15) is 0 Å². The maximum absolute atomic E-state index is 10.9. The fourth-order valence-electron chi connectivity index (χ4n) is 1.78. The van der Waals surface area contributed by atoms with Crippen molar-refractivity contribution in [3.05, 3.63) is 36.2 Å². The molecule has 0 bridgehead atoms. The van der Waals surface area contributed by atoms with Crippen molar-refractivity contribution >= 4 is 11.7 Å². The minimum Gasteiger partial charge on any atom is -0.465 e. The topological polar surface area (TPSA) is 73.7 Å². The van der Waals surface area contributed by atoms with Crippen LogP contribution in [0.1, 0.15) is 5.56 Å². The van der Waals surface area contributed by atoms with Crippen molar-refractivity contribution in [1.82, 2.24) is 9.88 Å². The molecule has 0 unspecified atom stereocenters. The van der Waals surface area contributed by atoms with Crippen molar-refractivity contribution in [1.29, 1.82) is 0 Å². The molecule has 1 aromatic heterocycles.